The molecule has 0 spiro atoms. The number of ether oxygens (including phenoxy) is 3. The molecule has 2 radical (unpaired) electrons. The predicted molar refractivity (Wildman–Crippen MR) is 118 cm³/mol. The lowest BCUT2D eigenvalue weighted by atomic mass is 9.66. The van der Waals surface area contributed by atoms with Crippen molar-refractivity contribution >= 4 is 19.8 Å². The molecule has 3 unspecified atom stereocenters. The molecular weight excluding hydrogens is 391 g/mol. The monoisotopic (exact) mass is 420 g/mol. The zero-order valence-electron chi connectivity index (χ0n) is 18.3. The van der Waals surface area contributed by atoms with E-state index in [1.54, 1.807) is 6.92 Å². The molecule has 31 heavy (non-hydrogen) atoms. The number of hydrogen-bond acceptors (Lipinski definition) is 5. The molecule has 1 aliphatic heterocycles. The molecule has 0 aliphatic carbocycles. The van der Waals surface area contributed by atoms with Gasteiger partial charge in [0.15, 0.2) is 0 Å². The Labute approximate surface area is 185 Å². The number of carbonyl (C=O) groups is 2. The van der Waals surface area contributed by atoms with Gasteiger partial charge in [0.1, 0.15) is 13.2 Å². The third-order valence-electron chi connectivity index (χ3n) is 6.09. The lowest BCUT2D eigenvalue weighted by Gasteiger charge is -2.32. The van der Waals surface area contributed by atoms with Crippen LogP contribution in [0.5, 0.6) is 0 Å². The minimum Gasteiger partial charge on any atom is -0.461 e. The summed E-state index contributed by atoms with van der Waals surface area (Å²) in [6.07, 6.45) is -0.859. The minimum absolute atomic E-state index is 0.0370. The van der Waals surface area contributed by atoms with Crippen LogP contribution in [0.4, 0.5) is 0 Å². The topological polar surface area (TPSA) is 61.8 Å². The molecule has 1 saturated heterocycles. The number of rotatable bonds is 8. The van der Waals surface area contributed by atoms with Crippen LogP contribution < -0.4 is 0 Å². The van der Waals surface area contributed by atoms with E-state index >= 15 is 0 Å². The average Bonchev–Trinajstić information content (AvgIpc) is 3.02. The molecule has 2 aromatic carbocycles. The molecule has 1 heterocycles. The third-order valence-corrected chi connectivity index (χ3v) is 6.09. The molecule has 162 valence electrons. The van der Waals surface area contributed by atoms with Gasteiger partial charge in [-0.2, -0.15) is 0 Å². The standard InChI is InChI=1S/C25H29BO5/c1-17(26)23-22(24(28)30-16-20-12-8-5-9-13-20)25(3,18(2)31-23)14-21(27)29-15-19-10-6-4-7-11-19/h4-13,17-18,22-23H,14-16H2,1-3H3/t17-,18?,22?,23?,25-/m1/s1. The van der Waals surface area contributed by atoms with Crippen molar-refractivity contribution in [3.05, 3.63) is 71.8 Å². The van der Waals surface area contributed by atoms with E-state index in [4.69, 9.17) is 22.1 Å². The van der Waals surface area contributed by atoms with E-state index in [0.717, 1.165) is 11.1 Å². The van der Waals surface area contributed by atoms with Crippen molar-refractivity contribution in [3.63, 3.8) is 0 Å². The Morgan fingerprint density at radius 1 is 1.00 bits per heavy atom. The number of benzene rings is 2. The van der Waals surface area contributed by atoms with Gasteiger partial charge in [-0.3, -0.25) is 9.59 Å². The summed E-state index contributed by atoms with van der Waals surface area (Å²) in [5, 5.41) is 0. The number of esters is 2. The summed E-state index contributed by atoms with van der Waals surface area (Å²) >= 11 is 0. The summed E-state index contributed by atoms with van der Waals surface area (Å²) in [5.41, 5.74) is 1.01. The Bertz CT molecular complexity index is 870. The van der Waals surface area contributed by atoms with Crippen molar-refractivity contribution in [3.8, 4) is 0 Å². The van der Waals surface area contributed by atoms with Crippen molar-refractivity contribution in [1.29, 1.82) is 0 Å². The van der Waals surface area contributed by atoms with Crippen LogP contribution in [0.1, 0.15) is 38.3 Å². The van der Waals surface area contributed by atoms with Crippen molar-refractivity contribution in [2.24, 2.45) is 11.3 Å². The Kier molecular flexibility index (Phi) is 7.55. The van der Waals surface area contributed by atoms with E-state index in [9.17, 15) is 9.59 Å². The normalized spacial score (nSPS) is 26.2. The maximum Gasteiger partial charge on any atom is 0.312 e. The van der Waals surface area contributed by atoms with Gasteiger partial charge in [0, 0.05) is 5.41 Å². The second kappa shape index (κ2) is 10.1. The van der Waals surface area contributed by atoms with Gasteiger partial charge in [0.05, 0.1) is 32.4 Å². The van der Waals surface area contributed by atoms with Crippen molar-refractivity contribution in [2.45, 2.75) is 58.4 Å². The molecule has 1 fully saturated rings. The van der Waals surface area contributed by atoms with E-state index in [0.29, 0.717) is 0 Å². The molecular formula is C25H29BO5. The van der Waals surface area contributed by atoms with Crippen LogP contribution in [0.25, 0.3) is 0 Å². The SMILES string of the molecule is [B][C@H](C)C1OC(C)[C@@](C)(CC(=O)OCc2ccccc2)C1C(=O)OCc1ccccc1. The summed E-state index contributed by atoms with van der Waals surface area (Å²) in [6, 6.07) is 19.0. The summed E-state index contributed by atoms with van der Waals surface area (Å²) in [4.78, 5) is 25.8. The van der Waals surface area contributed by atoms with Crippen LogP contribution in [0.3, 0.4) is 0 Å². The first-order chi connectivity index (χ1) is 14.8. The van der Waals surface area contributed by atoms with Gasteiger partial charge >= 0.3 is 11.9 Å². The third kappa shape index (κ3) is 5.56. The Balaban J connectivity index is 1.71. The molecule has 0 bridgehead atoms. The second-order valence-electron chi connectivity index (χ2n) is 8.50. The number of hydrogen-bond donors (Lipinski definition) is 0. The van der Waals surface area contributed by atoms with Gasteiger partial charge in [-0.25, -0.2) is 0 Å². The fraction of sp³-hybridized carbons (Fsp3) is 0.440. The van der Waals surface area contributed by atoms with Crippen LogP contribution in [-0.2, 0) is 37.0 Å². The lowest BCUT2D eigenvalue weighted by molar-refractivity contribution is -0.157. The largest absolute Gasteiger partial charge is 0.461 e. The van der Waals surface area contributed by atoms with Gasteiger partial charge < -0.3 is 14.2 Å². The molecule has 1 aliphatic rings. The summed E-state index contributed by atoms with van der Waals surface area (Å²) in [5.74, 6) is -1.85. The second-order valence-corrected chi connectivity index (χ2v) is 8.50. The predicted octanol–water partition coefficient (Wildman–Crippen LogP) is 4.25. The highest BCUT2D eigenvalue weighted by Gasteiger charge is 2.57. The highest BCUT2D eigenvalue weighted by atomic mass is 16.5. The van der Waals surface area contributed by atoms with E-state index in [1.165, 1.54) is 0 Å². The van der Waals surface area contributed by atoms with E-state index in [2.05, 4.69) is 0 Å². The Morgan fingerprint density at radius 3 is 2.03 bits per heavy atom. The molecule has 0 N–H and O–H groups in total. The zero-order valence-corrected chi connectivity index (χ0v) is 18.3. The maximum atomic E-state index is 13.1. The fourth-order valence-corrected chi connectivity index (χ4v) is 4.10. The van der Waals surface area contributed by atoms with Gasteiger partial charge in [0.25, 0.3) is 0 Å². The van der Waals surface area contributed by atoms with Gasteiger partial charge in [0.2, 0.25) is 0 Å². The highest BCUT2D eigenvalue weighted by molar-refractivity contribution is 6.12. The average molecular weight is 420 g/mol. The highest BCUT2D eigenvalue weighted by Crippen LogP contribution is 2.49. The summed E-state index contributed by atoms with van der Waals surface area (Å²) in [7, 11) is 6.13. The van der Waals surface area contributed by atoms with Crippen molar-refractivity contribution in [2.75, 3.05) is 0 Å². The van der Waals surface area contributed by atoms with E-state index in [1.807, 2.05) is 74.5 Å². The van der Waals surface area contributed by atoms with Crippen LogP contribution in [0, 0.1) is 11.3 Å². The quantitative estimate of drug-likeness (QED) is 0.472. The molecule has 5 atom stereocenters. The first kappa shape index (κ1) is 23.1. The van der Waals surface area contributed by atoms with Crippen molar-refractivity contribution in [1.82, 2.24) is 0 Å². The van der Waals surface area contributed by atoms with E-state index < -0.39 is 23.4 Å². The fourth-order valence-electron chi connectivity index (χ4n) is 4.10. The van der Waals surface area contributed by atoms with E-state index in [-0.39, 0.29) is 37.5 Å². The smallest absolute Gasteiger partial charge is 0.312 e. The Morgan fingerprint density at radius 2 is 1.52 bits per heavy atom. The number of carbonyl (C=O) groups excluding carboxylic acids is 2. The van der Waals surface area contributed by atoms with Gasteiger partial charge in [-0.1, -0.05) is 80.3 Å². The Hall–Kier alpha value is -2.60. The van der Waals surface area contributed by atoms with Crippen molar-refractivity contribution < 1.29 is 23.8 Å². The summed E-state index contributed by atoms with van der Waals surface area (Å²) in [6.45, 7) is 5.88. The van der Waals surface area contributed by atoms with Crippen LogP contribution in [0.15, 0.2) is 60.7 Å². The first-order valence-corrected chi connectivity index (χ1v) is 10.6. The molecule has 0 amide bonds. The molecule has 0 aromatic heterocycles. The molecule has 2 aromatic rings. The molecule has 3 rings (SSSR count). The maximum absolute atomic E-state index is 13.1. The van der Waals surface area contributed by atoms with Gasteiger partial charge in [-0.05, 0) is 18.1 Å². The molecule has 0 saturated carbocycles. The van der Waals surface area contributed by atoms with Crippen LogP contribution in [-0.4, -0.2) is 32.0 Å². The zero-order chi connectivity index (χ0) is 22.4. The lowest BCUT2D eigenvalue weighted by Crippen LogP contribution is -2.42. The molecule has 6 heteroatoms. The van der Waals surface area contributed by atoms with Crippen LogP contribution in [0.2, 0.25) is 5.82 Å². The van der Waals surface area contributed by atoms with Gasteiger partial charge in [-0.15, -0.1) is 0 Å². The first-order valence-electron chi connectivity index (χ1n) is 10.6. The van der Waals surface area contributed by atoms with Crippen LogP contribution >= 0.6 is 0 Å². The molecule has 5 nitrogen and oxygen atoms in total. The minimum atomic E-state index is -0.792. The summed E-state index contributed by atoms with van der Waals surface area (Å²) < 4.78 is 17.2.